The maximum absolute atomic E-state index is 13.6. The van der Waals surface area contributed by atoms with E-state index in [0.717, 1.165) is 11.1 Å². The first-order valence-corrected chi connectivity index (χ1v) is 12.8. The number of hydrogen-bond acceptors (Lipinski definition) is 7. The Morgan fingerprint density at radius 1 is 1.05 bits per heavy atom. The highest BCUT2D eigenvalue weighted by Crippen LogP contribution is 2.39. The smallest absolute Gasteiger partial charge is 0.255 e. The fourth-order valence-electron chi connectivity index (χ4n) is 4.39. The van der Waals surface area contributed by atoms with E-state index >= 15 is 0 Å². The molecule has 3 aromatic carbocycles. The van der Waals surface area contributed by atoms with E-state index in [1.165, 1.54) is 6.33 Å². The molecule has 10 heteroatoms. The van der Waals surface area contributed by atoms with Crippen LogP contribution >= 0.6 is 11.6 Å². The summed E-state index contributed by atoms with van der Waals surface area (Å²) in [4.78, 5) is 18.0. The predicted molar refractivity (Wildman–Crippen MR) is 150 cm³/mol. The number of hydrogen-bond donors (Lipinski definition) is 2. The molecule has 1 atom stereocenters. The van der Waals surface area contributed by atoms with Crippen LogP contribution < -0.4 is 24.8 Å². The quantitative estimate of drug-likeness (QED) is 0.272. The number of methoxy groups -OCH3 is 1. The van der Waals surface area contributed by atoms with Gasteiger partial charge in [0, 0.05) is 16.4 Å². The van der Waals surface area contributed by atoms with Crippen LogP contribution in [-0.2, 0) is 11.4 Å². The SMILES string of the molecule is CCOc1cc([C@@H]2C(C(=O)Nc3ccc(OC)cc3)=C(C)Nc3ncnn32)ccc1OCc1ccc(Cl)cc1. The second kappa shape index (κ2) is 11.5. The summed E-state index contributed by atoms with van der Waals surface area (Å²) in [6.45, 7) is 4.56. The molecule has 5 rings (SSSR count). The van der Waals surface area contributed by atoms with Crippen LogP contribution in [0.4, 0.5) is 11.6 Å². The molecule has 0 saturated carbocycles. The number of carbonyl (C=O) groups excluding carboxylic acids is 1. The lowest BCUT2D eigenvalue weighted by atomic mass is 9.94. The van der Waals surface area contributed by atoms with Gasteiger partial charge in [-0.1, -0.05) is 29.8 Å². The molecule has 4 aromatic rings. The topological polar surface area (TPSA) is 99.5 Å². The Balaban J connectivity index is 1.46. The number of fused-ring (bicyclic) bond motifs is 1. The number of rotatable bonds is 9. The van der Waals surface area contributed by atoms with Gasteiger partial charge in [-0.25, -0.2) is 4.68 Å². The van der Waals surface area contributed by atoms with Gasteiger partial charge in [0.1, 0.15) is 24.7 Å². The Kier molecular flexibility index (Phi) is 7.69. The number of benzene rings is 3. The van der Waals surface area contributed by atoms with E-state index in [1.807, 2.05) is 56.3 Å². The number of nitrogens with one attached hydrogen (secondary N) is 2. The average Bonchev–Trinajstić information content (AvgIpc) is 3.41. The molecule has 2 N–H and O–H groups in total. The van der Waals surface area contributed by atoms with Crippen LogP contribution in [0.25, 0.3) is 0 Å². The number of allylic oxidation sites excluding steroid dienone is 1. The second-order valence-corrected chi connectivity index (χ2v) is 9.27. The molecule has 0 spiro atoms. The zero-order valence-electron chi connectivity index (χ0n) is 21.8. The first-order chi connectivity index (χ1) is 19.0. The summed E-state index contributed by atoms with van der Waals surface area (Å²) in [6.07, 6.45) is 1.46. The van der Waals surface area contributed by atoms with E-state index < -0.39 is 6.04 Å². The molecule has 0 aliphatic carbocycles. The van der Waals surface area contributed by atoms with Crippen molar-refractivity contribution in [3.8, 4) is 17.2 Å². The summed E-state index contributed by atoms with van der Waals surface area (Å²) < 4.78 is 19.0. The van der Waals surface area contributed by atoms with Crippen molar-refractivity contribution in [2.24, 2.45) is 0 Å². The molecule has 0 fully saturated rings. The van der Waals surface area contributed by atoms with Crippen molar-refractivity contribution in [1.82, 2.24) is 14.8 Å². The first kappa shape index (κ1) is 26.1. The number of anilines is 2. The summed E-state index contributed by atoms with van der Waals surface area (Å²) in [7, 11) is 1.60. The molecule has 0 unspecified atom stereocenters. The van der Waals surface area contributed by atoms with Crippen LogP contribution in [0.2, 0.25) is 5.02 Å². The molecule has 1 amide bonds. The summed E-state index contributed by atoms with van der Waals surface area (Å²) in [5, 5.41) is 11.3. The standard InChI is InChI=1S/C29H28ClN5O4/c1-4-38-25-15-20(7-14-24(25)39-16-19-5-8-21(30)9-6-19)27-26(18(2)33-29-31-17-32-35(27)29)28(36)34-22-10-12-23(37-3)13-11-22/h5-15,17,27H,4,16H2,1-3H3,(H,34,36)(H,31,32,33)/t27-/m1/s1. The Bertz CT molecular complexity index is 1500. The minimum atomic E-state index is -0.550. The van der Waals surface area contributed by atoms with Crippen LogP contribution in [0.3, 0.4) is 0 Å². The summed E-state index contributed by atoms with van der Waals surface area (Å²) >= 11 is 6.00. The minimum Gasteiger partial charge on any atom is -0.497 e. The van der Waals surface area contributed by atoms with Gasteiger partial charge in [0.05, 0.1) is 19.3 Å². The van der Waals surface area contributed by atoms with Gasteiger partial charge in [-0.3, -0.25) is 4.79 Å². The summed E-state index contributed by atoms with van der Waals surface area (Å²) in [5.41, 5.74) is 3.59. The highest BCUT2D eigenvalue weighted by atomic mass is 35.5. The molecule has 1 aliphatic heterocycles. The van der Waals surface area contributed by atoms with E-state index in [9.17, 15) is 4.79 Å². The lowest BCUT2D eigenvalue weighted by molar-refractivity contribution is -0.113. The summed E-state index contributed by atoms with van der Waals surface area (Å²) in [6, 6.07) is 19.7. The van der Waals surface area contributed by atoms with Gasteiger partial charge in [0.15, 0.2) is 11.5 Å². The van der Waals surface area contributed by atoms with Gasteiger partial charge in [0.2, 0.25) is 5.95 Å². The lowest BCUT2D eigenvalue weighted by Gasteiger charge is -2.29. The largest absolute Gasteiger partial charge is 0.497 e. The molecular weight excluding hydrogens is 518 g/mol. The van der Waals surface area contributed by atoms with Crippen LogP contribution in [0, 0.1) is 0 Å². The van der Waals surface area contributed by atoms with Crippen LogP contribution in [0.15, 0.2) is 84.3 Å². The molecule has 1 aromatic heterocycles. The van der Waals surface area contributed by atoms with Gasteiger partial charge in [-0.05, 0) is 73.5 Å². The van der Waals surface area contributed by atoms with Crippen molar-refractivity contribution in [3.05, 3.63) is 100 Å². The maximum Gasteiger partial charge on any atom is 0.255 e. The van der Waals surface area contributed by atoms with Crippen molar-refractivity contribution in [2.45, 2.75) is 26.5 Å². The monoisotopic (exact) mass is 545 g/mol. The number of halogens is 1. The normalized spacial score (nSPS) is 14.3. The van der Waals surface area contributed by atoms with E-state index in [-0.39, 0.29) is 5.91 Å². The fraction of sp³-hybridized carbons (Fsp3) is 0.207. The van der Waals surface area contributed by atoms with Crippen molar-refractivity contribution in [2.75, 3.05) is 24.4 Å². The minimum absolute atomic E-state index is 0.266. The molecule has 39 heavy (non-hydrogen) atoms. The van der Waals surface area contributed by atoms with Crippen LogP contribution in [0.1, 0.15) is 31.0 Å². The third kappa shape index (κ3) is 5.68. The Morgan fingerprint density at radius 3 is 2.54 bits per heavy atom. The van der Waals surface area contributed by atoms with Gasteiger partial charge in [-0.2, -0.15) is 10.1 Å². The van der Waals surface area contributed by atoms with Crippen molar-refractivity contribution < 1.29 is 19.0 Å². The molecule has 0 bridgehead atoms. The third-order valence-corrected chi connectivity index (χ3v) is 6.53. The average molecular weight is 546 g/mol. The maximum atomic E-state index is 13.6. The van der Waals surface area contributed by atoms with Gasteiger partial charge >= 0.3 is 0 Å². The molecule has 0 saturated heterocycles. The predicted octanol–water partition coefficient (Wildman–Crippen LogP) is 5.85. The van der Waals surface area contributed by atoms with E-state index in [4.69, 9.17) is 25.8 Å². The van der Waals surface area contributed by atoms with E-state index in [0.29, 0.717) is 58.4 Å². The van der Waals surface area contributed by atoms with Gasteiger partial charge in [-0.15, -0.1) is 0 Å². The lowest BCUT2D eigenvalue weighted by Crippen LogP contribution is -2.31. The highest BCUT2D eigenvalue weighted by Gasteiger charge is 2.34. The Labute approximate surface area is 231 Å². The highest BCUT2D eigenvalue weighted by molar-refractivity contribution is 6.30. The second-order valence-electron chi connectivity index (χ2n) is 8.83. The van der Waals surface area contributed by atoms with Gasteiger partial charge < -0.3 is 24.8 Å². The first-order valence-electron chi connectivity index (χ1n) is 12.4. The van der Waals surface area contributed by atoms with Crippen molar-refractivity contribution in [3.63, 3.8) is 0 Å². The number of nitrogens with zero attached hydrogens (tertiary/aromatic N) is 3. The molecule has 2 heterocycles. The number of carbonyl (C=O) groups is 1. The van der Waals surface area contributed by atoms with E-state index in [2.05, 4.69) is 20.7 Å². The van der Waals surface area contributed by atoms with Crippen molar-refractivity contribution in [1.29, 1.82) is 0 Å². The van der Waals surface area contributed by atoms with Crippen LogP contribution in [-0.4, -0.2) is 34.4 Å². The number of amides is 1. The van der Waals surface area contributed by atoms with E-state index in [1.54, 1.807) is 36.1 Å². The molecular formula is C29H28ClN5O4. The van der Waals surface area contributed by atoms with Crippen LogP contribution in [0.5, 0.6) is 17.2 Å². The fourth-order valence-corrected chi connectivity index (χ4v) is 4.52. The number of aromatic nitrogens is 3. The van der Waals surface area contributed by atoms with Gasteiger partial charge in [0.25, 0.3) is 5.91 Å². The Hall–Kier alpha value is -4.50. The Morgan fingerprint density at radius 2 is 1.82 bits per heavy atom. The summed E-state index contributed by atoms with van der Waals surface area (Å²) in [5.74, 6) is 2.14. The molecule has 9 nitrogen and oxygen atoms in total. The molecule has 0 radical (unpaired) electrons. The van der Waals surface area contributed by atoms with Crippen molar-refractivity contribution >= 4 is 29.1 Å². The zero-order valence-corrected chi connectivity index (χ0v) is 22.5. The third-order valence-electron chi connectivity index (χ3n) is 6.28. The molecule has 1 aliphatic rings. The molecule has 200 valence electrons. The number of ether oxygens (including phenoxy) is 3. The zero-order chi connectivity index (χ0) is 27.4.